The van der Waals surface area contributed by atoms with Gasteiger partial charge in [-0.3, -0.25) is 19.2 Å². The van der Waals surface area contributed by atoms with Crippen LogP contribution in [0.1, 0.15) is 41.6 Å². The number of carboxylic acid groups (broad SMARTS) is 1. The van der Waals surface area contributed by atoms with Crippen LogP contribution >= 0.6 is 0 Å². The number of amides is 2. The number of carboxylic acids is 1. The van der Waals surface area contributed by atoms with Crippen LogP contribution in [-0.2, 0) is 16.1 Å². The molecular weight excluding hydrogens is 374 g/mol. The summed E-state index contributed by atoms with van der Waals surface area (Å²) in [5.41, 5.74) is 1.62. The largest absolute Gasteiger partial charge is 0.481 e. The Morgan fingerprint density at radius 1 is 1.00 bits per heavy atom. The summed E-state index contributed by atoms with van der Waals surface area (Å²) >= 11 is 0. The van der Waals surface area contributed by atoms with E-state index in [1.807, 2.05) is 6.92 Å². The van der Waals surface area contributed by atoms with E-state index in [0.29, 0.717) is 30.6 Å². The quantitative estimate of drug-likeness (QED) is 0.529. The Hall–Kier alpha value is -3.42. The number of nitrogens with one attached hydrogen (secondary N) is 2. The third-order valence-electron chi connectivity index (χ3n) is 4.23. The molecule has 0 atom stereocenters. The highest BCUT2D eigenvalue weighted by atomic mass is 16.4. The Labute approximate surface area is 168 Å². The third kappa shape index (κ3) is 7.61. The lowest BCUT2D eigenvalue weighted by molar-refractivity contribution is -0.137. The van der Waals surface area contributed by atoms with Crippen LogP contribution in [0.25, 0.3) is 0 Å². The van der Waals surface area contributed by atoms with Gasteiger partial charge in [0.1, 0.15) is 6.54 Å². The van der Waals surface area contributed by atoms with Gasteiger partial charge in [-0.2, -0.15) is 0 Å². The fourth-order valence-corrected chi connectivity index (χ4v) is 2.72. The van der Waals surface area contributed by atoms with Crippen molar-refractivity contribution in [3.05, 3.63) is 64.1 Å². The minimum absolute atomic E-state index is 0.0926. The number of anilines is 1. The van der Waals surface area contributed by atoms with E-state index in [1.165, 1.54) is 10.6 Å². The minimum atomic E-state index is -0.813. The Bertz CT molecular complexity index is 919. The maximum atomic E-state index is 12.1. The van der Waals surface area contributed by atoms with Crippen LogP contribution in [0.4, 0.5) is 5.69 Å². The molecule has 0 bridgehead atoms. The molecule has 0 saturated heterocycles. The molecule has 0 fully saturated rings. The summed E-state index contributed by atoms with van der Waals surface area (Å²) in [5.74, 6) is -1.38. The standard InChI is InChI=1S/C21H25N3O5/c1-15-6-11-19(26)24(13-15)14-18(25)23-17-9-7-16(8-10-17)21(29)22-12-4-2-3-5-20(27)28/h6-11,13H,2-5,12,14H2,1H3,(H,22,29)(H,23,25)(H,27,28). The van der Waals surface area contributed by atoms with Gasteiger partial charge in [0.05, 0.1) is 0 Å². The van der Waals surface area contributed by atoms with E-state index >= 15 is 0 Å². The van der Waals surface area contributed by atoms with Gasteiger partial charge >= 0.3 is 5.97 Å². The average molecular weight is 399 g/mol. The fourth-order valence-electron chi connectivity index (χ4n) is 2.72. The van der Waals surface area contributed by atoms with E-state index in [1.54, 1.807) is 36.5 Å². The van der Waals surface area contributed by atoms with E-state index in [0.717, 1.165) is 12.0 Å². The van der Waals surface area contributed by atoms with Crippen LogP contribution in [-0.4, -0.2) is 34.0 Å². The van der Waals surface area contributed by atoms with E-state index in [-0.39, 0.29) is 30.3 Å². The average Bonchev–Trinajstić information content (AvgIpc) is 2.67. The molecule has 2 aromatic rings. The monoisotopic (exact) mass is 399 g/mol. The molecule has 8 nitrogen and oxygen atoms in total. The summed E-state index contributed by atoms with van der Waals surface area (Å²) in [6.45, 7) is 2.22. The summed E-state index contributed by atoms with van der Waals surface area (Å²) in [5, 5.41) is 14.0. The summed E-state index contributed by atoms with van der Waals surface area (Å²) in [4.78, 5) is 46.4. The number of nitrogens with zero attached hydrogens (tertiary/aromatic N) is 1. The number of carbonyl (C=O) groups excluding carboxylic acids is 2. The predicted molar refractivity (Wildman–Crippen MR) is 109 cm³/mol. The molecule has 1 aromatic carbocycles. The summed E-state index contributed by atoms with van der Waals surface area (Å²) in [6.07, 6.45) is 3.80. The normalized spacial score (nSPS) is 10.4. The molecule has 0 radical (unpaired) electrons. The maximum Gasteiger partial charge on any atom is 0.303 e. The molecule has 0 aliphatic heterocycles. The lowest BCUT2D eigenvalue weighted by Gasteiger charge is -2.09. The van der Waals surface area contributed by atoms with Gasteiger partial charge in [-0.05, 0) is 49.6 Å². The van der Waals surface area contributed by atoms with E-state index in [2.05, 4.69) is 10.6 Å². The number of aromatic nitrogens is 1. The molecule has 0 unspecified atom stereocenters. The van der Waals surface area contributed by atoms with Crippen molar-refractivity contribution in [1.82, 2.24) is 9.88 Å². The van der Waals surface area contributed by atoms with Gasteiger partial charge in [0.25, 0.3) is 11.5 Å². The zero-order chi connectivity index (χ0) is 21.2. The van der Waals surface area contributed by atoms with Crippen LogP contribution in [0.3, 0.4) is 0 Å². The summed E-state index contributed by atoms with van der Waals surface area (Å²) in [7, 11) is 0. The number of aryl methyl sites for hydroxylation is 1. The molecule has 0 saturated carbocycles. The van der Waals surface area contributed by atoms with Crippen molar-refractivity contribution >= 4 is 23.5 Å². The van der Waals surface area contributed by atoms with Gasteiger partial charge in [0.15, 0.2) is 0 Å². The smallest absolute Gasteiger partial charge is 0.303 e. The number of benzene rings is 1. The van der Waals surface area contributed by atoms with Gasteiger partial charge in [0.2, 0.25) is 5.91 Å². The van der Waals surface area contributed by atoms with Crippen molar-refractivity contribution in [3.8, 4) is 0 Å². The summed E-state index contributed by atoms with van der Waals surface area (Å²) < 4.78 is 1.34. The number of pyridine rings is 1. The minimum Gasteiger partial charge on any atom is -0.481 e. The molecule has 2 rings (SSSR count). The summed E-state index contributed by atoms with van der Waals surface area (Å²) in [6, 6.07) is 9.57. The Kier molecular flexibility index (Phi) is 8.14. The van der Waals surface area contributed by atoms with Gasteiger partial charge < -0.3 is 20.3 Å². The number of aliphatic carboxylic acids is 1. The molecule has 29 heavy (non-hydrogen) atoms. The topological polar surface area (TPSA) is 118 Å². The number of carbonyl (C=O) groups is 3. The maximum absolute atomic E-state index is 12.1. The van der Waals surface area contributed by atoms with Crippen LogP contribution < -0.4 is 16.2 Å². The number of unbranched alkanes of at least 4 members (excludes halogenated alkanes) is 2. The first-order valence-electron chi connectivity index (χ1n) is 9.42. The Balaban J connectivity index is 1.79. The number of hydrogen-bond donors (Lipinski definition) is 3. The molecule has 1 heterocycles. The van der Waals surface area contributed by atoms with Crippen molar-refractivity contribution in [1.29, 1.82) is 0 Å². The van der Waals surface area contributed by atoms with Crippen molar-refractivity contribution < 1.29 is 19.5 Å². The molecule has 8 heteroatoms. The van der Waals surface area contributed by atoms with E-state index < -0.39 is 5.97 Å². The highest BCUT2D eigenvalue weighted by Crippen LogP contribution is 2.10. The van der Waals surface area contributed by atoms with Crippen molar-refractivity contribution in [2.75, 3.05) is 11.9 Å². The van der Waals surface area contributed by atoms with Crippen LogP contribution in [0, 0.1) is 6.92 Å². The van der Waals surface area contributed by atoms with Crippen LogP contribution in [0.2, 0.25) is 0 Å². The van der Waals surface area contributed by atoms with Crippen LogP contribution in [0.5, 0.6) is 0 Å². The van der Waals surface area contributed by atoms with Gasteiger partial charge in [0, 0.05) is 36.5 Å². The van der Waals surface area contributed by atoms with Gasteiger partial charge in [-0.25, -0.2) is 0 Å². The Morgan fingerprint density at radius 3 is 2.41 bits per heavy atom. The molecule has 154 valence electrons. The molecule has 2 amide bonds. The predicted octanol–water partition coefficient (Wildman–Crippen LogP) is 2.17. The molecule has 3 N–H and O–H groups in total. The van der Waals surface area contributed by atoms with Crippen molar-refractivity contribution in [2.24, 2.45) is 0 Å². The molecule has 0 spiro atoms. The Morgan fingerprint density at radius 2 is 1.72 bits per heavy atom. The fraction of sp³-hybridized carbons (Fsp3) is 0.333. The van der Waals surface area contributed by atoms with E-state index in [9.17, 15) is 19.2 Å². The zero-order valence-electron chi connectivity index (χ0n) is 16.3. The molecular formula is C21H25N3O5. The van der Waals surface area contributed by atoms with Crippen LogP contribution in [0.15, 0.2) is 47.4 Å². The second kappa shape index (κ2) is 10.8. The first-order valence-corrected chi connectivity index (χ1v) is 9.42. The molecule has 0 aliphatic carbocycles. The van der Waals surface area contributed by atoms with Crippen molar-refractivity contribution in [2.45, 2.75) is 39.2 Å². The third-order valence-corrected chi connectivity index (χ3v) is 4.23. The highest BCUT2D eigenvalue weighted by Gasteiger charge is 2.08. The number of rotatable bonds is 10. The van der Waals surface area contributed by atoms with E-state index in [4.69, 9.17) is 5.11 Å². The first-order chi connectivity index (χ1) is 13.8. The second-order valence-corrected chi connectivity index (χ2v) is 6.76. The highest BCUT2D eigenvalue weighted by molar-refractivity contribution is 5.95. The lowest BCUT2D eigenvalue weighted by Crippen LogP contribution is -2.27. The second-order valence-electron chi connectivity index (χ2n) is 6.76. The molecule has 0 aliphatic rings. The van der Waals surface area contributed by atoms with Gasteiger partial charge in [-0.1, -0.05) is 12.5 Å². The SMILES string of the molecule is Cc1ccc(=O)n(CC(=O)Nc2ccc(C(=O)NCCCCCC(=O)O)cc2)c1. The van der Waals surface area contributed by atoms with Crippen molar-refractivity contribution in [3.63, 3.8) is 0 Å². The first kappa shape index (κ1) is 21.9. The van der Waals surface area contributed by atoms with Gasteiger partial charge in [-0.15, -0.1) is 0 Å². The lowest BCUT2D eigenvalue weighted by atomic mass is 10.1. The zero-order valence-corrected chi connectivity index (χ0v) is 16.3. The molecule has 1 aromatic heterocycles. The number of hydrogen-bond acceptors (Lipinski definition) is 4.